The van der Waals surface area contributed by atoms with Crippen LogP contribution in [0.3, 0.4) is 0 Å². The quantitative estimate of drug-likeness (QED) is 0.884. The van der Waals surface area contributed by atoms with Crippen LogP contribution in [-0.4, -0.2) is 48.1 Å². The summed E-state index contributed by atoms with van der Waals surface area (Å²) in [6.07, 6.45) is 4.58. The minimum Gasteiger partial charge on any atom is -0.478 e. The van der Waals surface area contributed by atoms with Crippen molar-refractivity contribution in [2.75, 3.05) is 19.3 Å². The largest absolute Gasteiger partial charge is 0.478 e. The Bertz CT molecular complexity index is 895. The second-order valence-electron chi connectivity index (χ2n) is 6.42. The van der Waals surface area contributed by atoms with E-state index in [0.717, 1.165) is 29.7 Å². The number of aromatic nitrogens is 1. The zero-order chi connectivity index (χ0) is 18.0. The van der Waals surface area contributed by atoms with Gasteiger partial charge in [0.2, 0.25) is 10.0 Å². The van der Waals surface area contributed by atoms with Crippen molar-refractivity contribution in [3.05, 3.63) is 53.7 Å². The van der Waals surface area contributed by atoms with Gasteiger partial charge in [-0.3, -0.25) is 4.98 Å². The molecule has 1 aliphatic heterocycles. The summed E-state index contributed by atoms with van der Waals surface area (Å²) in [5.74, 6) is -0.680. The van der Waals surface area contributed by atoms with Crippen molar-refractivity contribution in [2.45, 2.75) is 12.8 Å². The van der Waals surface area contributed by atoms with Crippen LogP contribution in [-0.2, 0) is 16.4 Å². The van der Waals surface area contributed by atoms with Crippen LogP contribution in [0.15, 0.2) is 42.6 Å². The minimum atomic E-state index is -3.13. The van der Waals surface area contributed by atoms with Crippen LogP contribution < -0.4 is 0 Å². The summed E-state index contributed by atoms with van der Waals surface area (Å²) in [6, 6.07) is 10.6. The Kier molecular flexibility index (Phi) is 4.87. The molecule has 1 aromatic heterocycles. The van der Waals surface area contributed by atoms with Gasteiger partial charge in [0.15, 0.2) is 0 Å². The molecule has 1 saturated heterocycles. The van der Waals surface area contributed by atoms with Crippen LogP contribution in [0.2, 0.25) is 0 Å². The highest BCUT2D eigenvalue weighted by atomic mass is 32.2. The number of rotatable bonds is 5. The van der Waals surface area contributed by atoms with E-state index in [-0.39, 0.29) is 11.5 Å². The highest BCUT2D eigenvalue weighted by Crippen LogP contribution is 2.25. The number of sulfonamides is 1. The first kappa shape index (κ1) is 17.6. The van der Waals surface area contributed by atoms with E-state index in [1.807, 2.05) is 18.2 Å². The Morgan fingerprint density at radius 1 is 1.32 bits per heavy atom. The van der Waals surface area contributed by atoms with E-state index >= 15 is 0 Å². The van der Waals surface area contributed by atoms with Gasteiger partial charge >= 0.3 is 5.97 Å². The summed E-state index contributed by atoms with van der Waals surface area (Å²) in [5.41, 5.74) is 2.78. The van der Waals surface area contributed by atoms with Gasteiger partial charge in [-0.25, -0.2) is 17.5 Å². The Hall–Kier alpha value is -2.25. The van der Waals surface area contributed by atoms with Crippen LogP contribution >= 0.6 is 0 Å². The van der Waals surface area contributed by atoms with Gasteiger partial charge in [-0.1, -0.05) is 12.1 Å². The molecule has 1 aliphatic rings. The second kappa shape index (κ2) is 6.93. The molecule has 1 fully saturated rings. The molecule has 1 atom stereocenters. The monoisotopic (exact) mass is 360 g/mol. The maximum atomic E-state index is 11.6. The minimum absolute atomic E-state index is 0.226. The molecule has 7 heteroatoms. The third-order valence-corrected chi connectivity index (χ3v) is 5.74. The molecule has 1 aromatic carbocycles. The van der Waals surface area contributed by atoms with Crippen molar-refractivity contribution in [1.29, 1.82) is 0 Å². The van der Waals surface area contributed by atoms with Crippen molar-refractivity contribution in [2.24, 2.45) is 5.92 Å². The molecule has 0 radical (unpaired) electrons. The van der Waals surface area contributed by atoms with Gasteiger partial charge in [0.25, 0.3) is 0 Å². The van der Waals surface area contributed by atoms with Crippen LogP contribution in [0.25, 0.3) is 11.3 Å². The number of carboxylic acid groups (broad SMARTS) is 1. The van der Waals surface area contributed by atoms with Gasteiger partial charge < -0.3 is 5.11 Å². The zero-order valence-corrected chi connectivity index (χ0v) is 14.7. The molecular formula is C18H20N2O4S. The molecular weight excluding hydrogens is 340 g/mol. The lowest BCUT2D eigenvalue weighted by Crippen LogP contribution is -2.27. The van der Waals surface area contributed by atoms with E-state index in [1.54, 1.807) is 24.4 Å². The lowest BCUT2D eigenvalue weighted by Gasteiger charge is -2.13. The molecule has 25 heavy (non-hydrogen) atoms. The van der Waals surface area contributed by atoms with Crippen LogP contribution in [0, 0.1) is 5.92 Å². The van der Waals surface area contributed by atoms with Crippen LogP contribution in [0.5, 0.6) is 0 Å². The number of hydrogen-bond acceptors (Lipinski definition) is 4. The van der Waals surface area contributed by atoms with Crippen LogP contribution in [0.4, 0.5) is 0 Å². The van der Waals surface area contributed by atoms with E-state index in [4.69, 9.17) is 5.11 Å². The Morgan fingerprint density at radius 2 is 2.12 bits per heavy atom. The number of carboxylic acids is 1. The van der Waals surface area contributed by atoms with E-state index < -0.39 is 16.0 Å². The average Bonchev–Trinajstić information content (AvgIpc) is 3.04. The summed E-state index contributed by atoms with van der Waals surface area (Å²) in [5, 5.41) is 9.12. The summed E-state index contributed by atoms with van der Waals surface area (Å²) < 4.78 is 24.8. The lowest BCUT2D eigenvalue weighted by atomic mass is 9.98. The molecule has 0 saturated carbocycles. The maximum absolute atomic E-state index is 11.6. The summed E-state index contributed by atoms with van der Waals surface area (Å²) >= 11 is 0. The Morgan fingerprint density at radius 3 is 2.80 bits per heavy atom. The predicted octanol–water partition coefficient (Wildman–Crippen LogP) is 2.27. The number of benzene rings is 1. The first-order valence-electron chi connectivity index (χ1n) is 8.07. The van der Waals surface area contributed by atoms with Gasteiger partial charge in [0.05, 0.1) is 17.5 Å². The van der Waals surface area contributed by atoms with Crippen LogP contribution in [0.1, 0.15) is 22.3 Å². The highest BCUT2D eigenvalue weighted by molar-refractivity contribution is 7.88. The van der Waals surface area contributed by atoms with E-state index in [0.29, 0.717) is 13.1 Å². The van der Waals surface area contributed by atoms with Crippen molar-refractivity contribution in [3.8, 4) is 11.3 Å². The first-order chi connectivity index (χ1) is 11.8. The summed E-state index contributed by atoms with van der Waals surface area (Å²) in [7, 11) is -3.13. The highest BCUT2D eigenvalue weighted by Gasteiger charge is 2.28. The second-order valence-corrected chi connectivity index (χ2v) is 8.40. The summed E-state index contributed by atoms with van der Waals surface area (Å²) in [4.78, 5) is 15.5. The lowest BCUT2D eigenvalue weighted by molar-refractivity contribution is 0.0697. The molecule has 0 aliphatic carbocycles. The van der Waals surface area contributed by atoms with E-state index in [9.17, 15) is 13.2 Å². The third kappa shape index (κ3) is 4.24. The molecule has 0 bridgehead atoms. The van der Waals surface area contributed by atoms with E-state index in [2.05, 4.69) is 4.98 Å². The normalized spacial score (nSPS) is 18.4. The standard InChI is InChI=1S/C18H20N2O4S/c1-25(23,24)20-8-6-14(12-20)9-13-5-7-19-17(10-13)15-3-2-4-16(11-15)18(21)22/h2-5,7,10-11,14H,6,8-9,12H2,1H3,(H,21,22)/t14-/m0/s1. The Labute approximate surface area is 147 Å². The molecule has 2 heterocycles. The number of carbonyl (C=O) groups is 1. The third-order valence-electron chi connectivity index (χ3n) is 4.47. The average molecular weight is 360 g/mol. The SMILES string of the molecule is CS(=O)(=O)N1CC[C@@H](Cc2ccnc(-c3cccc(C(=O)O)c3)c2)C1. The molecule has 132 valence electrons. The fourth-order valence-electron chi connectivity index (χ4n) is 3.17. The van der Waals surface area contributed by atoms with Gasteiger partial charge in [0.1, 0.15) is 0 Å². The molecule has 0 spiro atoms. The first-order valence-corrected chi connectivity index (χ1v) is 9.91. The van der Waals surface area contributed by atoms with Gasteiger partial charge in [-0.05, 0) is 48.6 Å². The van der Waals surface area contributed by atoms with Crippen molar-refractivity contribution < 1.29 is 18.3 Å². The van der Waals surface area contributed by atoms with Crippen molar-refractivity contribution >= 4 is 16.0 Å². The van der Waals surface area contributed by atoms with Gasteiger partial charge in [0, 0.05) is 24.8 Å². The fraction of sp³-hybridized carbons (Fsp3) is 0.333. The van der Waals surface area contributed by atoms with Gasteiger partial charge in [-0.2, -0.15) is 0 Å². The number of hydrogen-bond donors (Lipinski definition) is 1. The molecule has 0 amide bonds. The molecule has 0 unspecified atom stereocenters. The van der Waals surface area contributed by atoms with E-state index in [1.165, 1.54) is 10.6 Å². The molecule has 6 nitrogen and oxygen atoms in total. The Balaban J connectivity index is 1.77. The number of nitrogens with zero attached hydrogens (tertiary/aromatic N) is 2. The number of aromatic carboxylic acids is 1. The smallest absolute Gasteiger partial charge is 0.335 e. The number of pyridine rings is 1. The zero-order valence-electron chi connectivity index (χ0n) is 13.9. The molecule has 1 N–H and O–H groups in total. The summed E-state index contributed by atoms with van der Waals surface area (Å²) in [6.45, 7) is 1.12. The molecule has 3 rings (SSSR count). The topological polar surface area (TPSA) is 87.6 Å². The van der Waals surface area contributed by atoms with Gasteiger partial charge in [-0.15, -0.1) is 0 Å². The predicted molar refractivity (Wildman–Crippen MR) is 94.9 cm³/mol. The maximum Gasteiger partial charge on any atom is 0.335 e. The fourth-order valence-corrected chi connectivity index (χ4v) is 4.09. The molecule has 2 aromatic rings. The van der Waals surface area contributed by atoms with Crippen molar-refractivity contribution in [1.82, 2.24) is 9.29 Å². The van der Waals surface area contributed by atoms with Crippen molar-refractivity contribution in [3.63, 3.8) is 0 Å².